The molecule has 0 aliphatic carbocycles. The molecule has 3 rings (SSSR count). The van der Waals surface area contributed by atoms with Crippen LogP contribution >= 0.6 is 0 Å². The summed E-state index contributed by atoms with van der Waals surface area (Å²) in [5, 5.41) is 12.0. The molecule has 0 aliphatic rings. The Morgan fingerprint density at radius 3 is 2.62 bits per heavy atom. The number of pyridine rings is 1. The van der Waals surface area contributed by atoms with Crippen molar-refractivity contribution in [2.45, 2.75) is 13.5 Å². The SMILES string of the molecule is CCN(c1ncccc1CO)c1cccc2ccccc12. The van der Waals surface area contributed by atoms with Gasteiger partial charge in [-0.05, 0) is 24.4 Å². The minimum atomic E-state index is -0.00948. The first-order valence-electron chi connectivity index (χ1n) is 7.15. The van der Waals surface area contributed by atoms with Gasteiger partial charge in [0.15, 0.2) is 0 Å². The van der Waals surface area contributed by atoms with Crippen molar-refractivity contribution < 1.29 is 5.11 Å². The first-order valence-corrected chi connectivity index (χ1v) is 7.15. The minimum absolute atomic E-state index is 0.00948. The predicted molar refractivity (Wildman–Crippen MR) is 86.8 cm³/mol. The lowest BCUT2D eigenvalue weighted by atomic mass is 10.1. The van der Waals surface area contributed by atoms with Crippen LogP contribution in [0.25, 0.3) is 10.8 Å². The van der Waals surface area contributed by atoms with Crippen molar-refractivity contribution in [2.75, 3.05) is 11.4 Å². The number of aliphatic hydroxyl groups is 1. The topological polar surface area (TPSA) is 36.4 Å². The van der Waals surface area contributed by atoms with Gasteiger partial charge in [-0.25, -0.2) is 4.98 Å². The monoisotopic (exact) mass is 278 g/mol. The fourth-order valence-corrected chi connectivity index (χ4v) is 2.67. The highest BCUT2D eigenvalue weighted by molar-refractivity contribution is 5.96. The van der Waals surface area contributed by atoms with E-state index in [2.05, 4.69) is 47.1 Å². The predicted octanol–water partition coefficient (Wildman–Crippen LogP) is 3.89. The third-order valence-electron chi connectivity index (χ3n) is 3.67. The van der Waals surface area contributed by atoms with E-state index in [0.29, 0.717) is 0 Å². The molecule has 106 valence electrons. The molecule has 0 saturated heterocycles. The van der Waals surface area contributed by atoms with Crippen LogP contribution in [0.3, 0.4) is 0 Å². The molecule has 0 spiro atoms. The van der Waals surface area contributed by atoms with Gasteiger partial charge in [0.2, 0.25) is 0 Å². The summed E-state index contributed by atoms with van der Waals surface area (Å²) in [5.74, 6) is 0.818. The number of nitrogens with zero attached hydrogens (tertiary/aromatic N) is 2. The highest BCUT2D eigenvalue weighted by Gasteiger charge is 2.14. The zero-order valence-electron chi connectivity index (χ0n) is 12.0. The summed E-state index contributed by atoms with van der Waals surface area (Å²) in [7, 11) is 0. The molecule has 2 aromatic carbocycles. The number of rotatable bonds is 4. The summed E-state index contributed by atoms with van der Waals surface area (Å²) in [6.07, 6.45) is 1.77. The molecular weight excluding hydrogens is 260 g/mol. The van der Waals surface area contributed by atoms with E-state index in [1.807, 2.05) is 24.3 Å². The summed E-state index contributed by atoms with van der Waals surface area (Å²) < 4.78 is 0. The second-order valence-electron chi connectivity index (χ2n) is 4.89. The Bertz CT molecular complexity index is 750. The molecule has 3 heteroatoms. The largest absolute Gasteiger partial charge is 0.392 e. The molecule has 3 aromatic rings. The molecule has 0 radical (unpaired) electrons. The van der Waals surface area contributed by atoms with Crippen LogP contribution in [0.2, 0.25) is 0 Å². The molecule has 0 saturated carbocycles. The van der Waals surface area contributed by atoms with Crippen LogP contribution in [-0.4, -0.2) is 16.6 Å². The Kier molecular flexibility index (Phi) is 3.84. The van der Waals surface area contributed by atoms with E-state index in [-0.39, 0.29) is 6.61 Å². The smallest absolute Gasteiger partial charge is 0.138 e. The van der Waals surface area contributed by atoms with Gasteiger partial charge in [-0.2, -0.15) is 0 Å². The summed E-state index contributed by atoms with van der Waals surface area (Å²) in [6, 6.07) is 18.4. The Balaban J connectivity index is 2.19. The summed E-state index contributed by atoms with van der Waals surface area (Å²) >= 11 is 0. The van der Waals surface area contributed by atoms with Gasteiger partial charge in [-0.15, -0.1) is 0 Å². The van der Waals surface area contributed by atoms with Crippen molar-refractivity contribution in [1.82, 2.24) is 4.98 Å². The average molecular weight is 278 g/mol. The number of aromatic nitrogens is 1. The van der Waals surface area contributed by atoms with Crippen LogP contribution in [0.4, 0.5) is 11.5 Å². The van der Waals surface area contributed by atoms with Crippen molar-refractivity contribution in [1.29, 1.82) is 0 Å². The molecule has 0 aliphatic heterocycles. The Morgan fingerprint density at radius 1 is 1.00 bits per heavy atom. The van der Waals surface area contributed by atoms with Gasteiger partial charge in [0.25, 0.3) is 0 Å². The quantitative estimate of drug-likeness (QED) is 0.786. The van der Waals surface area contributed by atoms with Gasteiger partial charge in [-0.3, -0.25) is 0 Å². The van der Waals surface area contributed by atoms with E-state index in [1.54, 1.807) is 6.20 Å². The van der Waals surface area contributed by atoms with E-state index in [1.165, 1.54) is 10.8 Å². The zero-order chi connectivity index (χ0) is 14.7. The van der Waals surface area contributed by atoms with Crippen LogP contribution in [0, 0.1) is 0 Å². The number of anilines is 2. The third kappa shape index (κ3) is 2.48. The van der Waals surface area contributed by atoms with Crippen LogP contribution < -0.4 is 4.90 Å². The Labute approximate surface area is 124 Å². The zero-order valence-corrected chi connectivity index (χ0v) is 12.0. The van der Waals surface area contributed by atoms with E-state index >= 15 is 0 Å². The lowest BCUT2D eigenvalue weighted by Crippen LogP contribution is -2.19. The lowest BCUT2D eigenvalue weighted by molar-refractivity contribution is 0.282. The van der Waals surface area contributed by atoms with Crippen molar-refractivity contribution in [2.24, 2.45) is 0 Å². The highest BCUT2D eigenvalue weighted by Crippen LogP contribution is 2.32. The highest BCUT2D eigenvalue weighted by atomic mass is 16.3. The Hall–Kier alpha value is -2.39. The Morgan fingerprint density at radius 2 is 1.81 bits per heavy atom. The first kappa shape index (κ1) is 13.6. The lowest BCUT2D eigenvalue weighted by Gasteiger charge is -2.25. The van der Waals surface area contributed by atoms with Crippen LogP contribution in [-0.2, 0) is 6.61 Å². The summed E-state index contributed by atoms with van der Waals surface area (Å²) in [4.78, 5) is 6.62. The molecule has 0 atom stereocenters. The molecule has 0 fully saturated rings. The van der Waals surface area contributed by atoms with Crippen molar-refractivity contribution in [3.05, 3.63) is 66.4 Å². The molecule has 1 heterocycles. The maximum atomic E-state index is 9.56. The molecule has 1 N–H and O–H groups in total. The maximum Gasteiger partial charge on any atom is 0.138 e. The minimum Gasteiger partial charge on any atom is -0.392 e. The van der Waals surface area contributed by atoms with Crippen LogP contribution in [0.5, 0.6) is 0 Å². The van der Waals surface area contributed by atoms with Gasteiger partial charge in [0.05, 0.1) is 12.3 Å². The molecular formula is C18H18N2O. The second-order valence-corrected chi connectivity index (χ2v) is 4.89. The van der Waals surface area contributed by atoms with Crippen molar-refractivity contribution in [3.63, 3.8) is 0 Å². The average Bonchev–Trinajstić information content (AvgIpc) is 2.56. The van der Waals surface area contributed by atoms with Gasteiger partial charge < -0.3 is 10.0 Å². The van der Waals surface area contributed by atoms with E-state index < -0.39 is 0 Å². The summed E-state index contributed by atoms with van der Waals surface area (Å²) in [5.41, 5.74) is 1.95. The van der Waals surface area contributed by atoms with Crippen LogP contribution in [0.15, 0.2) is 60.8 Å². The van der Waals surface area contributed by atoms with E-state index in [9.17, 15) is 5.11 Å². The van der Waals surface area contributed by atoms with E-state index in [4.69, 9.17) is 0 Å². The standard InChI is InChI=1S/C18H18N2O/c1-2-20(18-15(13-21)9-6-12-19-18)17-11-5-8-14-7-3-4-10-16(14)17/h3-12,21H,2,13H2,1H3. The fourth-order valence-electron chi connectivity index (χ4n) is 2.67. The molecule has 0 unspecified atom stereocenters. The fraction of sp³-hybridized carbons (Fsp3) is 0.167. The first-order chi connectivity index (χ1) is 10.3. The van der Waals surface area contributed by atoms with Gasteiger partial charge in [-0.1, -0.05) is 42.5 Å². The number of fused-ring (bicyclic) bond motifs is 1. The molecule has 0 bridgehead atoms. The molecule has 3 nitrogen and oxygen atoms in total. The molecule has 1 aromatic heterocycles. The second kappa shape index (κ2) is 5.94. The third-order valence-corrected chi connectivity index (χ3v) is 3.67. The van der Waals surface area contributed by atoms with Crippen molar-refractivity contribution in [3.8, 4) is 0 Å². The number of hydrogen-bond acceptors (Lipinski definition) is 3. The number of aliphatic hydroxyl groups excluding tert-OH is 1. The van der Waals surface area contributed by atoms with Gasteiger partial charge in [0.1, 0.15) is 5.82 Å². The van der Waals surface area contributed by atoms with Gasteiger partial charge >= 0.3 is 0 Å². The molecule has 0 amide bonds. The molecule has 21 heavy (non-hydrogen) atoms. The van der Waals surface area contributed by atoms with Gasteiger partial charge in [0, 0.05) is 23.7 Å². The normalized spacial score (nSPS) is 10.8. The summed E-state index contributed by atoms with van der Waals surface area (Å²) in [6.45, 7) is 2.88. The maximum absolute atomic E-state index is 9.56. The van der Waals surface area contributed by atoms with E-state index in [0.717, 1.165) is 23.6 Å². The number of hydrogen-bond donors (Lipinski definition) is 1. The van der Waals surface area contributed by atoms with Crippen molar-refractivity contribution >= 4 is 22.3 Å². The number of benzene rings is 2. The van der Waals surface area contributed by atoms with Crippen LogP contribution in [0.1, 0.15) is 12.5 Å².